The van der Waals surface area contributed by atoms with Crippen molar-refractivity contribution >= 4 is 33.9 Å². The molecule has 0 unspecified atom stereocenters. The molecule has 2 aliphatic rings. The molecule has 39 heavy (non-hydrogen) atoms. The highest BCUT2D eigenvalue weighted by Crippen LogP contribution is 2.41. The highest BCUT2D eigenvalue weighted by Gasteiger charge is 2.38. The van der Waals surface area contributed by atoms with Gasteiger partial charge >= 0.3 is 12.4 Å². The fourth-order valence-electron chi connectivity index (χ4n) is 5.10. The van der Waals surface area contributed by atoms with Gasteiger partial charge < -0.3 is 5.11 Å². The van der Waals surface area contributed by atoms with Gasteiger partial charge in [-0.05, 0) is 103 Å². The molecule has 11 heteroatoms. The molecule has 2 heterocycles. The Kier molecular flexibility index (Phi) is 7.41. The largest absolute Gasteiger partial charge is 0.416 e. The molecule has 0 atom stereocenters. The van der Waals surface area contributed by atoms with Crippen LogP contribution in [0.25, 0.3) is 17.0 Å². The summed E-state index contributed by atoms with van der Waals surface area (Å²) in [6.07, 6.45) is -0.911. The summed E-state index contributed by atoms with van der Waals surface area (Å²) in [6.45, 7) is -0.356. The highest BCUT2D eigenvalue weighted by atomic mass is 32.2. The van der Waals surface area contributed by atoms with Crippen molar-refractivity contribution in [2.24, 2.45) is 5.92 Å². The van der Waals surface area contributed by atoms with E-state index in [1.807, 2.05) is 6.08 Å². The number of aliphatic hydroxyl groups is 1. The summed E-state index contributed by atoms with van der Waals surface area (Å²) < 4.78 is 80.9. The maximum absolute atomic E-state index is 13.5. The molecule has 1 aliphatic heterocycles. The Morgan fingerprint density at radius 2 is 1.74 bits per heavy atom. The van der Waals surface area contributed by atoms with E-state index in [2.05, 4.69) is 5.10 Å². The number of halogens is 6. The van der Waals surface area contributed by atoms with Gasteiger partial charge in [0.2, 0.25) is 5.12 Å². The van der Waals surface area contributed by atoms with Gasteiger partial charge in [0, 0.05) is 16.5 Å². The van der Waals surface area contributed by atoms with E-state index in [0.717, 1.165) is 66.0 Å². The minimum atomic E-state index is -4.96. The summed E-state index contributed by atoms with van der Waals surface area (Å²) >= 11 is 1.15. The molecular formula is C28H24F6N2O2S. The molecule has 5 rings (SSSR count). The van der Waals surface area contributed by atoms with Crippen molar-refractivity contribution in [2.45, 2.75) is 57.1 Å². The highest BCUT2D eigenvalue weighted by molar-refractivity contribution is 8.18. The van der Waals surface area contributed by atoms with Crippen LogP contribution in [0, 0.1) is 5.92 Å². The fraction of sp³-hybridized carbons (Fsp3) is 0.357. The van der Waals surface area contributed by atoms with Gasteiger partial charge in [-0.1, -0.05) is 12.1 Å². The first-order chi connectivity index (χ1) is 18.3. The molecule has 4 nitrogen and oxygen atoms in total. The lowest BCUT2D eigenvalue weighted by Crippen LogP contribution is -2.18. The van der Waals surface area contributed by atoms with Gasteiger partial charge in [0.15, 0.2) is 0 Å². The number of alkyl halides is 6. The summed E-state index contributed by atoms with van der Waals surface area (Å²) in [5.74, 6) is 0.405. The topological polar surface area (TPSA) is 55.1 Å². The molecule has 0 amide bonds. The van der Waals surface area contributed by atoms with E-state index in [4.69, 9.17) is 0 Å². The lowest BCUT2D eigenvalue weighted by Gasteiger charge is -2.25. The summed E-state index contributed by atoms with van der Waals surface area (Å²) in [6, 6.07) is 6.92. The lowest BCUT2D eigenvalue weighted by atomic mass is 9.83. The monoisotopic (exact) mass is 566 g/mol. The van der Waals surface area contributed by atoms with Gasteiger partial charge in [-0.3, -0.25) is 9.48 Å². The van der Waals surface area contributed by atoms with Gasteiger partial charge in [0.25, 0.3) is 0 Å². The van der Waals surface area contributed by atoms with Crippen LogP contribution in [-0.4, -0.2) is 26.1 Å². The minimum absolute atomic E-state index is 0.0435. The third kappa shape index (κ3) is 6.41. The number of hydrogen-bond acceptors (Lipinski definition) is 4. The predicted molar refractivity (Wildman–Crippen MR) is 137 cm³/mol. The third-order valence-electron chi connectivity index (χ3n) is 7.09. The van der Waals surface area contributed by atoms with Gasteiger partial charge in [-0.25, -0.2) is 0 Å². The van der Waals surface area contributed by atoms with Crippen molar-refractivity contribution in [1.29, 1.82) is 0 Å². The van der Waals surface area contributed by atoms with Crippen molar-refractivity contribution < 1.29 is 36.2 Å². The van der Waals surface area contributed by atoms with Crippen molar-refractivity contribution in [2.75, 3.05) is 0 Å². The Morgan fingerprint density at radius 1 is 1.00 bits per heavy atom. The SMILES string of the molecule is O=C1C=C(CC2CCC(O)CC2)/C(=C/c2ccc3nn(Cc4ccc(C(F)(F)F)cc4C(F)(F)F)cc3c2)S1. The van der Waals surface area contributed by atoms with E-state index in [1.165, 1.54) is 4.68 Å². The molecule has 1 N–H and O–H groups in total. The van der Waals surface area contributed by atoms with Gasteiger partial charge in [0.05, 0.1) is 29.3 Å². The van der Waals surface area contributed by atoms with Crippen LogP contribution in [-0.2, 0) is 23.7 Å². The molecule has 1 aliphatic carbocycles. The molecule has 0 saturated heterocycles. The van der Waals surface area contributed by atoms with Crippen LogP contribution in [0.15, 0.2) is 59.1 Å². The van der Waals surface area contributed by atoms with Crippen LogP contribution in [0.4, 0.5) is 26.3 Å². The number of hydrogen-bond donors (Lipinski definition) is 1. The van der Waals surface area contributed by atoms with E-state index in [-0.39, 0.29) is 29.4 Å². The van der Waals surface area contributed by atoms with Gasteiger partial charge in [-0.2, -0.15) is 31.4 Å². The van der Waals surface area contributed by atoms with E-state index in [0.29, 0.717) is 22.9 Å². The van der Waals surface area contributed by atoms with E-state index >= 15 is 0 Å². The average Bonchev–Trinajstić information content (AvgIpc) is 3.40. The van der Waals surface area contributed by atoms with E-state index in [9.17, 15) is 36.2 Å². The first kappa shape index (κ1) is 27.5. The zero-order chi connectivity index (χ0) is 27.9. The second kappa shape index (κ2) is 10.5. The third-order valence-corrected chi connectivity index (χ3v) is 8.01. The van der Waals surface area contributed by atoms with Crippen LogP contribution in [0.1, 0.15) is 54.4 Å². The van der Waals surface area contributed by atoms with Crippen molar-refractivity contribution in [3.8, 4) is 0 Å². The van der Waals surface area contributed by atoms with Crippen LogP contribution < -0.4 is 0 Å². The molecule has 2 aromatic carbocycles. The second-order valence-corrected chi connectivity index (χ2v) is 11.0. The first-order valence-corrected chi connectivity index (χ1v) is 13.2. The quantitative estimate of drug-likeness (QED) is 0.323. The maximum atomic E-state index is 13.5. The van der Waals surface area contributed by atoms with Crippen LogP contribution in [0.2, 0.25) is 0 Å². The van der Waals surface area contributed by atoms with Gasteiger partial charge in [0.1, 0.15) is 0 Å². The number of aromatic nitrogens is 2. The second-order valence-electron chi connectivity index (χ2n) is 9.99. The molecule has 1 fully saturated rings. The number of aliphatic hydroxyl groups excluding tert-OH is 1. The number of allylic oxidation sites excluding steroid dienone is 1. The molecule has 3 aromatic rings. The first-order valence-electron chi connectivity index (χ1n) is 12.4. The molecule has 1 aromatic heterocycles. The molecule has 0 bridgehead atoms. The Bertz CT molecular complexity index is 1460. The molecule has 0 spiro atoms. The predicted octanol–water partition coefficient (Wildman–Crippen LogP) is 7.60. The summed E-state index contributed by atoms with van der Waals surface area (Å²) in [7, 11) is 0. The normalized spacial score (nSPS) is 21.7. The number of fused-ring (bicyclic) bond motifs is 1. The smallest absolute Gasteiger partial charge is 0.393 e. The summed E-state index contributed by atoms with van der Waals surface area (Å²) in [5, 5.41) is 14.7. The van der Waals surface area contributed by atoms with Crippen molar-refractivity contribution in [3.63, 3.8) is 0 Å². The number of carbonyl (C=O) groups excluding carboxylic acids is 1. The Labute approximate surface area is 224 Å². The molecule has 0 radical (unpaired) electrons. The standard InChI is InChI=1S/C28H24F6N2O2S/c29-27(30,31)21-5-4-18(23(13-21)28(32,33)34)14-36-15-20-10-17(3-8-24(20)35-36)11-25-19(12-26(38)39-25)9-16-1-6-22(37)7-2-16/h3-5,8,10-13,15-16,22,37H,1-2,6-7,9,14H2/b25-11-. The van der Waals surface area contributed by atoms with E-state index < -0.39 is 23.5 Å². The summed E-state index contributed by atoms with van der Waals surface area (Å²) in [5.41, 5.74) is -0.767. The zero-order valence-corrected chi connectivity index (χ0v) is 21.3. The number of nitrogens with zero attached hydrogens (tertiary/aromatic N) is 2. The molecule has 206 valence electrons. The number of benzene rings is 2. The zero-order valence-electron chi connectivity index (χ0n) is 20.5. The number of rotatable bonds is 5. The number of carbonyl (C=O) groups is 1. The Morgan fingerprint density at radius 3 is 2.44 bits per heavy atom. The summed E-state index contributed by atoms with van der Waals surface area (Å²) in [4.78, 5) is 13.0. The van der Waals surface area contributed by atoms with Crippen LogP contribution in [0.5, 0.6) is 0 Å². The molecule has 1 saturated carbocycles. The van der Waals surface area contributed by atoms with Crippen LogP contribution in [0.3, 0.4) is 0 Å². The van der Waals surface area contributed by atoms with Crippen molar-refractivity contribution in [1.82, 2.24) is 9.78 Å². The van der Waals surface area contributed by atoms with Crippen LogP contribution >= 0.6 is 11.8 Å². The average molecular weight is 567 g/mol. The Balaban J connectivity index is 1.37. The van der Waals surface area contributed by atoms with Gasteiger partial charge in [-0.15, -0.1) is 0 Å². The lowest BCUT2D eigenvalue weighted by molar-refractivity contribution is -0.143. The number of thioether (sulfide) groups is 1. The fourth-order valence-corrected chi connectivity index (χ4v) is 5.99. The maximum Gasteiger partial charge on any atom is 0.416 e. The Hall–Kier alpha value is -3.05. The molecular weight excluding hydrogens is 542 g/mol. The minimum Gasteiger partial charge on any atom is -0.393 e. The van der Waals surface area contributed by atoms with Crippen molar-refractivity contribution in [3.05, 3.63) is 81.4 Å². The van der Waals surface area contributed by atoms with E-state index in [1.54, 1.807) is 30.5 Å².